The van der Waals surface area contributed by atoms with E-state index in [-0.39, 0.29) is 5.82 Å². The molecule has 8 heteroatoms. The quantitative estimate of drug-likeness (QED) is 0.544. The van der Waals surface area contributed by atoms with Crippen LogP contribution in [0.5, 0.6) is 0 Å². The molecular weight excluding hydrogens is 303 g/mol. The summed E-state index contributed by atoms with van der Waals surface area (Å²) in [7, 11) is 0. The lowest BCUT2D eigenvalue weighted by Crippen LogP contribution is -2.03. The lowest BCUT2D eigenvalue weighted by molar-refractivity contribution is 0.626. The molecule has 0 fully saturated rings. The number of aromatic nitrogens is 6. The van der Waals surface area contributed by atoms with Crippen LogP contribution in [0.25, 0.3) is 5.69 Å². The molecule has 0 saturated carbocycles. The largest absolute Gasteiger partial charge is 0.228 e. The van der Waals surface area contributed by atoms with Gasteiger partial charge in [-0.15, -0.1) is 5.10 Å². The van der Waals surface area contributed by atoms with Crippen LogP contribution in [0.15, 0.2) is 35.5 Å². The molecule has 0 bridgehead atoms. The van der Waals surface area contributed by atoms with Gasteiger partial charge in [0.15, 0.2) is 11.0 Å². The van der Waals surface area contributed by atoms with Gasteiger partial charge in [-0.1, -0.05) is 11.8 Å². The summed E-state index contributed by atoms with van der Waals surface area (Å²) in [6.45, 7) is 3.86. The highest BCUT2D eigenvalue weighted by Crippen LogP contribution is 2.20. The van der Waals surface area contributed by atoms with E-state index in [9.17, 15) is 4.39 Å². The average Bonchev–Trinajstić information content (AvgIpc) is 2.93. The molecule has 1 aromatic carbocycles. The lowest BCUT2D eigenvalue weighted by Gasteiger charge is -2.05. The Kier molecular flexibility index (Phi) is 4.10. The van der Waals surface area contributed by atoms with E-state index >= 15 is 0 Å². The van der Waals surface area contributed by atoms with Crippen LogP contribution in [-0.2, 0) is 5.75 Å². The maximum absolute atomic E-state index is 13.0. The summed E-state index contributed by atoms with van der Waals surface area (Å²) in [4.78, 5) is 8.74. The average molecular weight is 316 g/mol. The van der Waals surface area contributed by atoms with Gasteiger partial charge in [0.25, 0.3) is 0 Å². The molecule has 112 valence electrons. The van der Waals surface area contributed by atoms with Crippen molar-refractivity contribution in [3.05, 3.63) is 53.4 Å². The molecular formula is C14H13FN6S. The molecule has 0 spiro atoms. The molecule has 2 heterocycles. The predicted octanol–water partition coefficient (Wildman–Crippen LogP) is 2.50. The van der Waals surface area contributed by atoms with Crippen LogP contribution in [-0.4, -0.2) is 30.2 Å². The van der Waals surface area contributed by atoms with Gasteiger partial charge in [-0.3, -0.25) is 0 Å². The standard InChI is InChI=1S/C14H13FN6S/c1-9-7-10(2)17-14(16-9)22-8-13-18-19-20-21(13)12-5-3-11(15)4-6-12/h3-7H,8H2,1-2H3. The summed E-state index contributed by atoms with van der Waals surface area (Å²) in [5, 5.41) is 12.3. The molecule has 0 radical (unpaired) electrons. The molecule has 0 saturated heterocycles. The molecule has 2 aromatic heterocycles. The molecule has 0 atom stereocenters. The Morgan fingerprint density at radius 1 is 1.09 bits per heavy atom. The number of thioether (sulfide) groups is 1. The molecule has 0 unspecified atom stereocenters. The van der Waals surface area contributed by atoms with Gasteiger partial charge in [0.1, 0.15) is 5.82 Å². The van der Waals surface area contributed by atoms with Crippen LogP contribution >= 0.6 is 11.8 Å². The Labute approximate surface area is 130 Å². The third-order valence-corrected chi connectivity index (χ3v) is 3.74. The van der Waals surface area contributed by atoms with Crippen LogP contribution in [0.4, 0.5) is 4.39 Å². The molecule has 22 heavy (non-hydrogen) atoms. The van der Waals surface area contributed by atoms with Crippen molar-refractivity contribution in [3.63, 3.8) is 0 Å². The normalized spacial score (nSPS) is 10.9. The van der Waals surface area contributed by atoms with E-state index in [1.165, 1.54) is 23.9 Å². The first-order valence-electron chi connectivity index (χ1n) is 6.60. The van der Waals surface area contributed by atoms with E-state index in [4.69, 9.17) is 0 Å². The Balaban J connectivity index is 1.79. The number of halogens is 1. The van der Waals surface area contributed by atoms with Gasteiger partial charge in [-0.25, -0.2) is 14.4 Å². The summed E-state index contributed by atoms with van der Waals surface area (Å²) in [6.07, 6.45) is 0. The fourth-order valence-electron chi connectivity index (χ4n) is 1.97. The highest BCUT2D eigenvalue weighted by Gasteiger charge is 2.10. The van der Waals surface area contributed by atoms with Gasteiger partial charge in [0, 0.05) is 11.4 Å². The second-order valence-corrected chi connectivity index (χ2v) is 5.65. The van der Waals surface area contributed by atoms with Crippen LogP contribution in [0.1, 0.15) is 17.2 Å². The zero-order chi connectivity index (χ0) is 15.5. The summed E-state index contributed by atoms with van der Waals surface area (Å²) >= 11 is 1.46. The molecule has 0 aliphatic heterocycles. The Bertz CT molecular complexity index is 766. The van der Waals surface area contributed by atoms with Crippen LogP contribution in [0.3, 0.4) is 0 Å². The first-order chi connectivity index (χ1) is 10.6. The van der Waals surface area contributed by atoms with Crippen LogP contribution in [0, 0.1) is 19.7 Å². The van der Waals surface area contributed by atoms with Crippen molar-refractivity contribution in [1.29, 1.82) is 0 Å². The van der Waals surface area contributed by atoms with Crippen molar-refractivity contribution >= 4 is 11.8 Å². The number of benzene rings is 1. The minimum atomic E-state index is -0.295. The van der Waals surface area contributed by atoms with E-state index in [1.54, 1.807) is 16.8 Å². The minimum absolute atomic E-state index is 0.295. The van der Waals surface area contributed by atoms with E-state index < -0.39 is 0 Å². The third-order valence-electron chi connectivity index (χ3n) is 2.90. The molecule has 0 aliphatic rings. The highest BCUT2D eigenvalue weighted by atomic mass is 32.2. The van der Waals surface area contributed by atoms with Gasteiger partial charge in [-0.05, 0) is 54.6 Å². The van der Waals surface area contributed by atoms with Crippen molar-refractivity contribution in [2.75, 3.05) is 0 Å². The molecule has 0 amide bonds. The van der Waals surface area contributed by atoms with Crippen LogP contribution < -0.4 is 0 Å². The zero-order valence-corrected chi connectivity index (χ0v) is 12.9. The number of tetrazole rings is 1. The number of aryl methyl sites for hydroxylation is 2. The number of rotatable bonds is 4. The summed E-state index contributed by atoms with van der Waals surface area (Å²) < 4.78 is 14.6. The summed E-state index contributed by atoms with van der Waals surface area (Å²) in [6, 6.07) is 7.94. The third kappa shape index (κ3) is 3.28. The van der Waals surface area contributed by atoms with Crippen molar-refractivity contribution < 1.29 is 4.39 Å². The second kappa shape index (κ2) is 6.18. The SMILES string of the molecule is Cc1cc(C)nc(SCc2nnnn2-c2ccc(F)cc2)n1. The van der Waals surface area contributed by atoms with Crippen molar-refractivity contribution in [1.82, 2.24) is 30.2 Å². The molecule has 0 N–H and O–H groups in total. The fourth-order valence-corrected chi connectivity index (χ4v) is 2.82. The van der Waals surface area contributed by atoms with Crippen molar-refractivity contribution in [2.45, 2.75) is 24.8 Å². The molecule has 3 rings (SSSR count). The minimum Gasteiger partial charge on any atom is -0.228 e. The predicted molar refractivity (Wildman–Crippen MR) is 80.2 cm³/mol. The highest BCUT2D eigenvalue weighted by molar-refractivity contribution is 7.98. The van der Waals surface area contributed by atoms with Crippen LogP contribution in [0.2, 0.25) is 0 Å². The summed E-state index contributed by atoms with van der Waals surface area (Å²) in [5.41, 5.74) is 2.56. The number of hydrogen-bond donors (Lipinski definition) is 0. The number of hydrogen-bond acceptors (Lipinski definition) is 6. The Morgan fingerprint density at radius 2 is 1.77 bits per heavy atom. The lowest BCUT2D eigenvalue weighted by atomic mass is 10.3. The second-order valence-electron chi connectivity index (χ2n) is 4.71. The van der Waals surface area contributed by atoms with Gasteiger partial charge >= 0.3 is 0 Å². The maximum Gasteiger partial charge on any atom is 0.188 e. The fraction of sp³-hybridized carbons (Fsp3) is 0.214. The topological polar surface area (TPSA) is 69.4 Å². The first-order valence-corrected chi connectivity index (χ1v) is 7.58. The zero-order valence-electron chi connectivity index (χ0n) is 12.1. The molecule has 3 aromatic rings. The number of nitrogens with zero attached hydrogens (tertiary/aromatic N) is 6. The molecule has 6 nitrogen and oxygen atoms in total. The van der Waals surface area contributed by atoms with Gasteiger partial charge < -0.3 is 0 Å². The summed E-state index contributed by atoms with van der Waals surface area (Å²) in [5.74, 6) is 0.878. The van der Waals surface area contributed by atoms with E-state index in [0.717, 1.165) is 11.4 Å². The van der Waals surface area contributed by atoms with E-state index in [1.807, 2.05) is 19.9 Å². The maximum atomic E-state index is 13.0. The van der Waals surface area contributed by atoms with Crippen molar-refractivity contribution in [3.8, 4) is 5.69 Å². The van der Waals surface area contributed by atoms with E-state index in [0.29, 0.717) is 22.4 Å². The Hall–Kier alpha value is -2.35. The molecule has 0 aliphatic carbocycles. The monoisotopic (exact) mass is 316 g/mol. The Morgan fingerprint density at radius 3 is 2.45 bits per heavy atom. The first kappa shape index (κ1) is 14.6. The van der Waals surface area contributed by atoms with Crippen molar-refractivity contribution in [2.24, 2.45) is 0 Å². The van der Waals surface area contributed by atoms with Gasteiger partial charge in [-0.2, -0.15) is 4.68 Å². The van der Waals surface area contributed by atoms with Gasteiger partial charge in [0.2, 0.25) is 0 Å². The van der Waals surface area contributed by atoms with E-state index in [2.05, 4.69) is 25.5 Å². The van der Waals surface area contributed by atoms with Gasteiger partial charge in [0.05, 0.1) is 11.4 Å². The smallest absolute Gasteiger partial charge is 0.188 e.